The van der Waals surface area contributed by atoms with Gasteiger partial charge in [-0.15, -0.1) is 0 Å². The molecule has 2 heterocycles. The average molecular weight is 337 g/mol. The number of hydrogen-bond donors (Lipinski definition) is 2. The maximum Gasteiger partial charge on any atom is 0.257 e. The van der Waals surface area contributed by atoms with Crippen molar-refractivity contribution < 1.29 is 13.6 Å². The van der Waals surface area contributed by atoms with E-state index in [1.54, 1.807) is 0 Å². The molecule has 2 N–H and O–H groups in total. The van der Waals surface area contributed by atoms with Crippen LogP contribution < -0.4 is 10.9 Å². The van der Waals surface area contributed by atoms with Crippen LogP contribution in [0.25, 0.3) is 0 Å². The number of carbonyl (C=O) groups excluding carboxylic acids is 1. The monoisotopic (exact) mass is 337 g/mol. The van der Waals surface area contributed by atoms with E-state index in [1.165, 1.54) is 17.8 Å². The van der Waals surface area contributed by atoms with Gasteiger partial charge in [-0.3, -0.25) is 9.59 Å². The van der Waals surface area contributed by atoms with Gasteiger partial charge < -0.3 is 10.3 Å². The Labute approximate surface area is 134 Å². The summed E-state index contributed by atoms with van der Waals surface area (Å²) in [5.74, 6) is -1.83. The highest BCUT2D eigenvalue weighted by Crippen LogP contribution is 2.35. The second-order valence-corrected chi connectivity index (χ2v) is 6.29. The molecule has 8 heteroatoms. The lowest BCUT2D eigenvalue weighted by Gasteiger charge is -2.24. The second kappa shape index (κ2) is 6.11. The highest BCUT2D eigenvalue weighted by atomic mass is 32.2. The minimum atomic E-state index is -0.795. The van der Waals surface area contributed by atoms with Gasteiger partial charge in [0.1, 0.15) is 17.5 Å². The van der Waals surface area contributed by atoms with E-state index in [2.05, 4.69) is 15.3 Å². The van der Waals surface area contributed by atoms with Crippen LogP contribution in [0.1, 0.15) is 30.4 Å². The minimum Gasteiger partial charge on any atom is -0.310 e. The number of carbonyl (C=O) groups is 1. The summed E-state index contributed by atoms with van der Waals surface area (Å²) in [7, 11) is 0. The number of aromatic amines is 1. The zero-order valence-corrected chi connectivity index (χ0v) is 13.0. The molecule has 0 radical (unpaired) electrons. The van der Waals surface area contributed by atoms with Crippen molar-refractivity contribution in [3.05, 3.63) is 51.3 Å². The third-order valence-corrected chi connectivity index (χ3v) is 4.30. The van der Waals surface area contributed by atoms with Gasteiger partial charge in [0.15, 0.2) is 5.16 Å². The summed E-state index contributed by atoms with van der Waals surface area (Å²) >= 11 is 1.32. The van der Waals surface area contributed by atoms with Crippen LogP contribution in [0.15, 0.2) is 28.2 Å². The van der Waals surface area contributed by atoms with Crippen LogP contribution in [-0.4, -0.2) is 21.6 Å². The molecule has 0 fully saturated rings. The van der Waals surface area contributed by atoms with Gasteiger partial charge in [-0.2, -0.15) is 0 Å². The molecule has 1 aliphatic heterocycles. The molecule has 2 aromatic rings. The third kappa shape index (κ3) is 2.98. The van der Waals surface area contributed by atoms with Crippen LogP contribution in [0.3, 0.4) is 0 Å². The van der Waals surface area contributed by atoms with E-state index in [-0.39, 0.29) is 29.3 Å². The Bertz CT molecular complexity index is 838. The molecule has 0 aliphatic carbocycles. The molecule has 120 valence electrons. The number of benzene rings is 1. The normalized spacial score (nSPS) is 16.8. The van der Waals surface area contributed by atoms with Gasteiger partial charge in [0.2, 0.25) is 5.91 Å². The summed E-state index contributed by atoms with van der Waals surface area (Å²) in [6, 6.07) is 3.10. The lowest BCUT2D eigenvalue weighted by atomic mass is 9.86. The molecular formula is C15H13F2N3O2S. The number of anilines is 1. The Morgan fingerprint density at radius 3 is 2.83 bits per heavy atom. The van der Waals surface area contributed by atoms with Crippen LogP contribution in [0.2, 0.25) is 0 Å². The van der Waals surface area contributed by atoms with Gasteiger partial charge in [-0.1, -0.05) is 24.8 Å². The highest BCUT2D eigenvalue weighted by molar-refractivity contribution is 7.99. The number of nitrogens with one attached hydrogen (secondary N) is 2. The maximum absolute atomic E-state index is 14.1. The number of aromatic nitrogens is 2. The quantitative estimate of drug-likeness (QED) is 0.667. The van der Waals surface area contributed by atoms with Gasteiger partial charge in [0.25, 0.3) is 5.56 Å². The summed E-state index contributed by atoms with van der Waals surface area (Å²) in [5, 5.41) is 2.94. The first kappa shape index (κ1) is 15.7. The lowest BCUT2D eigenvalue weighted by molar-refractivity contribution is -0.116. The number of hydrogen-bond acceptors (Lipinski definition) is 4. The largest absolute Gasteiger partial charge is 0.310 e. The predicted octanol–water partition coefficient (Wildman–Crippen LogP) is 2.63. The molecule has 3 rings (SSSR count). The summed E-state index contributed by atoms with van der Waals surface area (Å²) in [6.07, 6.45) is -0.0966. The molecule has 1 aromatic heterocycles. The topological polar surface area (TPSA) is 74.8 Å². The number of amides is 1. The van der Waals surface area contributed by atoms with Crippen LogP contribution in [-0.2, 0) is 4.79 Å². The maximum atomic E-state index is 14.1. The zero-order valence-electron chi connectivity index (χ0n) is 12.2. The summed E-state index contributed by atoms with van der Waals surface area (Å²) in [6.45, 7) is 1.90. The molecule has 0 saturated carbocycles. The first-order valence-electron chi connectivity index (χ1n) is 7.01. The molecule has 1 aromatic carbocycles. The average Bonchev–Trinajstić information content (AvgIpc) is 2.46. The Morgan fingerprint density at radius 1 is 1.35 bits per heavy atom. The molecular weight excluding hydrogens is 324 g/mol. The fourth-order valence-electron chi connectivity index (χ4n) is 2.61. The van der Waals surface area contributed by atoms with Gasteiger partial charge in [-0.25, -0.2) is 13.8 Å². The third-order valence-electron chi connectivity index (χ3n) is 3.55. The van der Waals surface area contributed by atoms with Crippen LogP contribution >= 0.6 is 11.8 Å². The van der Waals surface area contributed by atoms with E-state index in [1.807, 2.05) is 6.92 Å². The van der Waals surface area contributed by atoms with E-state index >= 15 is 0 Å². The molecule has 1 aliphatic rings. The summed E-state index contributed by atoms with van der Waals surface area (Å²) < 4.78 is 27.2. The smallest absolute Gasteiger partial charge is 0.257 e. The predicted molar refractivity (Wildman–Crippen MR) is 82.7 cm³/mol. The summed E-state index contributed by atoms with van der Waals surface area (Å²) in [4.78, 5) is 31.1. The Morgan fingerprint density at radius 2 is 2.13 bits per heavy atom. The van der Waals surface area contributed by atoms with Crippen molar-refractivity contribution in [1.29, 1.82) is 0 Å². The highest BCUT2D eigenvalue weighted by Gasteiger charge is 2.32. The number of nitrogens with zero attached hydrogens (tertiary/aromatic N) is 1. The Kier molecular flexibility index (Phi) is 4.16. The number of H-pyrrole nitrogens is 1. The molecule has 1 atom stereocenters. The molecule has 5 nitrogen and oxygen atoms in total. The van der Waals surface area contributed by atoms with Crippen LogP contribution in [0.4, 0.5) is 14.6 Å². The lowest BCUT2D eigenvalue weighted by Crippen LogP contribution is -2.31. The van der Waals surface area contributed by atoms with E-state index in [9.17, 15) is 18.4 Å². The van der Waals surface area contributed by atoms with Gasteiger partial charge in [0.05, 0.1) is 5.56 Å². The fourth-order valence-corrected chi connectivity index (χ4v) is 3.20. The van der Waals surface area contributed by atoms with Crippen molar-refractivity contribution in [2.24, 2.45) is 0 Å². The summed E-state index contributed by atoms with van der Waals surface area (Å²) in [5.41, 5.74) is -0.138. The van der Waals surface area contributed by atoms with E-state index in [4.69, 9.17) is 0 Å². The van der Waals surface area contributed by atoms with E-state index in [0.29, 0.717) is 10.9 Å². The van der Waals surface area contributed by atoms with Crippen molar-refractivity contribution in [2.45, 2.75) is 24.4 Å². The molecule has 23 heavy (non-hydrogen) atoms. The van der Waals surface area contributed by atoms with Crippen molar-refractivity contribution in [2.75, 3.05) is 11.1 Å². The van der Waals surface area contributed by atoms with Crippen molar-refractivity contribution in [1.82, 2.24) is 9.97 Å². The number of thioether (sulfide) groups is 1. The zero-order chi connectivity index (χ0) is 16.6. The SMILES string of the molecule is CCSc1nc2c(c(=O)[nH]1)C(c1ccc(F)cc1F)CC(=O)N2. The first-order valence-corrected chi connectivity index (χ1v) is 8.00. The van der Waals surface area contributed by atoms with E-state index < -0.39 is 23.1 Å². The van der Waals surface area contributed by atoms with Gasteiger partial charge >= 0.3 is 0 Å². The van der Waals surface area contributed by atoms with Gasteiger partial charge in [0, 0.05) is 18.4 Å². The number of fused-ring (bicyclic) bond motifs is 1. The Hall–Kier alpha value is -2.22. The fraction of sp³-hybridized carbons (Fsp3) is 0.267. The molecule has 1 unspecified atom stereocenters. The van der Waals surface area contributed by atoms with Crippen LogP contribution in [0.5, 0.6) is 0 Å². The van der Waals surface area contributed by atoms with Crippen molar-refractivity contribution >= 4 is 23.5 Å². The van der Waals surface area contributed by atoms with Crippen molar-refractivity contribution in [3.63, 3.8) is 0 Å². The number of rotatable bonds is 3. The molecule has 0 saturated heterocycles. The van der Waals surface area contributed by atoms with Crippen molar-refractivity contribution in [3.8, 4) is 0 Å². The second-order valence-electron chi connectivity index (χ2n) is 5.04. The first-order chi connectivity index (χ1) is 11.0. The molecule has 0 spiro atoms. The van der Waals surface area contributed by atoms with E-state index in [0.717, 1.165) is 12.1 Å². The van der Waals surface area contributed by atoms with Gasteiger partial charge in [-0.05, 0) is 17.4 Å². The number of halogens is 2. The van der Waals surface area contributed by atoms with Crippen LogP contribution in [0, 0.1) is 11.6 Å². The standard InChI is InChI=1S/C15H13F2N3O2S/c1-2-23-15-19-13-12(14(22)20-15)9(6-11(21)18-13)8-4-3-7(16)5-10(8)17/h3-5,9H,2,6H2,1H3,(H2,18,19,20,21,22). The molecule has 1 amide bonds. The Balaban J connectivity index is 2.15. The minimum absolute atomic E-state index is 0.0966. The molecule has 0 bridgehead atoms.